The van der Waals surface area contributed by atoms with Crippen LogP contribution in [-0.4, -0.2) is 25.0 Å². The predicted octanol–water partition coefficient (Wildman–Crippen LogP) is 3.27. The van der Waals surface area contributed by atoms with Gasteiger partial charge in [-0.15, -0.1) is 0 Å². The SMILES string of the molecule is CC[C@@H](NC(=O)Cc1ccc(N(C)C)cc1)c1cccc(C)n1. The lowest BCUT2D eigenvalue weighted by molar-refractivity contribution is -0.121. The van der Waals surface area contributed by atoms with Crippen molar-refractivity contribution in [3.05, 3.63) is 59.4 Å². The number of anilines is 1. The highest BCUT2D eigenvalue weighted by atomic mass is 16.1. The van der Waals surface area contributed by atoms with Gasteiger partial charge in [0, 0.05) is 25.5 Å². The van der Waals surface area contributed by atoms with Gasteiger partial charge in [-0.1, -0.05) is 25.1 Å². The second kappa shape index (κ2) is 7.77. The molecule has 0 spiro atoms. The summed E-state index contributed by atoms with van der Waals surface area (Å²) in [6.07, 6.45) is 1.21. The number of hydrogen-bond acceptors (Lipinski definition) is 3. The van der Waals surface area contributed by atoms with E-state index in [0.717, 1.165) is 29.1 Å². The zero-order chi connectivity index (χ0) is 16.8. The number of aromatic nitrogens is 1. The van der Waals surface area contributed by atoms with Crippen LogP contribution in [0.5, 0.6) is 0 Å². The van der Waals surface area contributed by atoms with Gasteiger partial charge in [-0.2, -0.15) is 0 Å². The molecule has 0 radical (unpaired) electrons. The fourth-order valence-corrected chi connectivity index (χ4v) is 2.49. The first-order valence-corrected chi connectivity index (χ1v) is 7.98. The summed E-state index contributed by atoms with van der Waals surface area (Å²) in [7, 11) is 4.00. The Hall–Kier alpha value is -2.36. The molecule has 1 atom stereocenters. The number of aryl methyl sites for hydroxylation is 1. The maximum absolute atomic E-state index is 12.3. The number of carbonyl (C=O) groups is 1. The molecule has 4 nitrogen and oxygen atoms in total. The second-order valence-electron chi connectivity index (χ2n) is 5.97. The van der Waals surface area contributed by atoms with Gasteiger partial charge in [0.1, 0.15) is 0 Å². The van der Waals surface area contributed by atoms with E-state index in [1.54, 1.807) is 0 Å². The van der Waals surface area contributed by atoms with E-state index < -0.39 is 0 Å². The molecule has 1 aromatic heterocycles. The normalized spacial score (nSPS) is 11.8. The van der Waals surface area contributed by atoms with E-state index in [4.69, 9.17) is 0 Å². The van der Waals surface area contributed by atoms with Crippen LogP contribution in [0.4, 0.5) is 5.69 Å². The van der Waals surface area contributed by atoms with Gasteiger partial charge < -0.3 is 10.2 Å². The molecule has 2 aromatic rings. The molecule has 0 aliphatic carbocycles. The standard InChI is InChI=1S/C19H25N3O/c1-5-17(18-8-6-7-14(2)20-18)21-19(23)13-15-9-11-16(12-10-15)22(3)4/h6-12,17H,5,13H2,1-4H3,(H,21,23)/t17-/m1/s1. The van der Waals surface area contributed by atoms with Crippen molar-refractivity contribution in [3.8, 4) is 0 Å². The molecule has 0 unspecified atom stereocenters. The molecule has 0 bridgehead atoms. The molecule has 1 heterocycles. The van der Waals surface area contributed by atoms with Crippen molar-refractivity contribution in [2.45, 2.75) is 32.7 Å². The summed E-state index contributed by atoms with van der Waals surface area (Å²) < 4.78 is 0. The minimum atomic E-state index is -0.0385. The van der Waals surface area contributed by atoms with Crippen LogP contribution in [0.3, 0.4) is 0 Å². The number of hydrogen-bond donors (Lipinski definition) is 1. The van der Waals surface area contributed by atoms with Crippen molar-refractivity contribution in [3.63, 3.8) is 0 Å². The molecule has 0 aliphatic heterocycles. The third kappa shape index (κ3) is 4.81. The summed E-state index contributed by atoms with van der Waals surface area (Å²) in [5, 5.41) is 3.08. The fraction of sp³-hybridized carbons (Fsp3) is 0.368. The first-order chi connectivity index (χ1) is 11.0. The maximum Gasteiger partial charge on any atom is 0.224 e. The third-order valence-corrected chi connectivity index (χ3v) is 3.83. The molecular weight excluding hydrogens is 286 g/mol. The molecule has 1 amide bonds. The van der Waals surface area contributed by atoms with E-state index >= 15 is 0 Å². The average molecular weight is 311 g/mol. The predicted molar refractivity (Wildman–Crippen MR) is 94.6 cm³/mol. The average Bonchev–Trinajstić information content (AvgIpc) is 2.53. The quantitative estimate of drug-likeness (QED) is 0.890. The van der Waals surface area contributed by atoms with Crippen LogP contribution in [-0.2, 0) is 11.2 Å². The molecule has 23 heavy (non-hydrogen) atoms. The van der Waals surface area contributed by atoms with Crippen LogP contribution in [0.15, 0.2) is 42.5 Å². The number of rotatable bonds is 6. The summed E-state index contributed by atoms with van der Waals surface area (Å²) in [5.41, 5.74) is 4.03. The number of nitrogens with zero attached hydrogens (tertiary/aromatic N) is 2. The minimum Gasteiger partial charge on any atom is -0.378 e. The Balaban J connectivity index is 2.00. The second-order valence-corrected chi connectivity index (χ2v) is 5.97. The molecule has 4 heteroatoms. The minimum absolute atomic E-state index is 0.0257. The molecule has 0 saturated carbocycles. The van der Waals surface area contributed by atoms with E-state index in [9.17, 15) is 4.79 Å². The van der Waals surface area contributed by atoms with Gasteiger partial charge in [0.15, 0.2) is 0 Å². The fourth-order valence-electron chi connectivity index (χ4n) is 2.49. The van der Waals surface area contributed by atoms with Crippen molar-refractivity contribution in [1.82, 2.24) is 10.3 Å². The first kappa shape index (κ1) is 17.0. The van der Waals surface area contributed by atoms with Crippen LogP contribution >= 0.6 is 0 Å². The molecule has 0 aliphatic rings. The van der Waals surface area contributed by atoms with Crippen LogP contribution < -0.4 is 10.2 Å². The van der Waals surface area contributed by atoms with Crippen LogP contribution in [0.25, 0.3) is 0 Å². The van der Waals surface area contributed by atoms with Gasteiger partial charge in [-0.05, 0) is 43.2 Å². The number of benzene rings is 1. The number of amides is 1. The molecule has 1 aromatic carbocycles. The topological polar surface area (TPSA) is 45.2 Å². The van der Waals surface area contributed by atoms with Crippen molar-refractivity contribution in [1.29, 1.82) is 0 Å². The van der Waals surface area contributed by atoms with Crippen LogP contribution in [0, 0.1) is 6.92 Å². The Kier molecular flexibility index (Phi) is 5.74. The largest absolute Gasteiger partial charge is 0.378 e. The van der Waals surface area contributed by atoms with Crippen molar-refractivity contribution >= 4 is 11.6 Å². The summed E-state index contributed by atoms with van der Waals surface area (Å²) in [6, 6.07) is 13.9. The Morgan fingerprint density at radius 1 is 1.17 bits per heavy atom. The Morgan fingerprint density at radius 2 is 1.87 bits per heavy atom. The van der Waals surface area contributed by atoms with Crippen molar-refractivity contribution in [2.75, 3.05) is 19.0 Å². The lowest BCUT2D eigenvalue weighted by Gasteiger charge is -2.17. The smallest absolute Gasteiger partial charge is 0.224 e. The number of nitrogens with one attached hydrogen (secondary N) is 1. The van der Waals surface area contributed by atoms with Gasteiger partial charge in [-0.3, -0.25) is 9.78 Å². The van der Waals surface area contributed by atoms with Crippen molar-refractivity contribution < 1.29 is 4.79 Å². The van der Waals surface area contributed by atoms with Gasteiger partial charge in [0.2, 0.25) is 5.91 Å². The number of carbonyl (C=O) groups excluding carboxylic acids is 1. The highest BCUT2D eigenvalue weighted by molar-refractivity contribution is 5.79. The number of pyridine rings is 1. The first-order valence-electron chi connectivity index (χ1n) is 7.98. The Bertz CT molecular complexity index is 650. The molecule has 0 saturated heterocycles. The highest BCUT2D eigenvalue weighted by Crippen LogP contribution is 2.16. The third-order valence-electron chi connectivity index (χ3n) is 3.83. The van der Waals surface area contributed by atoms with E-state index in [0.29, 0.717) is 6.42 Å². The van der Waals surface area contributed by atoms with Gasteiger partial charge in [-0.25, -0.2) is 0 Å². The lowest BCUT2D eigenvalue weighted by atomic mass is 10.1. The zero-order valence-corrected chi connectivity index (χ0v) is 14.3. The van der Waals surface area contributed by atoms with Crippen molar-refractivity contribution in [2.24, 2.45) is 0 Å². The molecule has 122 valence electrons. The molecular formula is C19H25N3O. The summed E-state index contributed by atoms with van der Waals surface area (Å²) >= 11 is 0. The van der Waals surface area contributed by atoms with Crippen LogP contribution in [0.2, 0.25) is 0 Å². The van der Waals surface area contributed by atoms with Gasteiger partial charge in [0.05, 0.1) is 18.2 Å². The Labute approximate surface area is 138 Å². The Morgan fingerprint density at radius 3 is 2.43 bits per heavy atom. The van der Waals surface area contributed by atoms with E-state index in [2.05, 4.69) is 17.2 Å². The van der Waals surface area contributed by atoms with E-state index in [1.807, 2.05) is 68.4 Å². The highest BCUT2D eigenvalue weighted by Gasteiger charge is 2.14. The maximum atomic E-state index is 12.3. The molecule has 2 rings (SSSR count). The van der Waals surface area contributed by atoms with Crippen LogP contribution in [0.1, 0.15) is 36.3 Å². The zero-order valence-electron chi connectivity index (χ0n) is 14.3. The summed E-state index contributed by atoms with van der Waals surface area (Å²) in [6.45, 7) is 4.02. The van der Waals surface area contributed by atoms with E-state index in [-0.39, 0.29) is 11.9 Å². The lowest BCUT2D eigenvalue weighted by Crippen LogP contribution is -2.30. The van der Waals surface area contributed by atoms with E-state index in [1.165, 1.54) is 0 Å². The monoisotopic (exact) mass is 311 g/mol. The summed E-state index contributed by atoms with van der Waals surface area (Å²) in [4.78, 5) is 18.9. The molecule has 1 N–H and O–H groups in total. The van der Waals surface area contributed by atoms with Gasteiger partial charge >= 0.3 is 0 Å². The summed E-state index contributed by atoms with van der Waals surface area (Å²) in [5.74, 6) is 0.0257. The van der Waals surface area contributed by atoms with Gasteiger partial charge in [0.25, 0.3) is 0 Å². The molecule has 0 fully saturated rings.